The van der Waals surface area contributed by atoms with E-state index in [4.69, 9.17) is 4.74 Å². The molecule has 25 heavy (non-hydrogen) atoms. The summed E-state index contributed by atoms with van der Waals surface area (Å²) in [6.07, 6.45) is 1.50. The van der Waals surface area contributed by atoms with Crippen molar-refractivity contribution in [2.45, 2.75) is 4.90 Å². The Morgan fingerprint density at radius 1 is 1.32 bits per heavy atom. The minimum atomic E-state index is -3.82. The Morgan fingerprint density at radius 2 is 2.12 bits per heavy atom. The van der Waals surface area contributed by atoms with Gasteiger partial charge in [0, 0.05) is 17.8 Å². The van der Waals surface area contributed by atoms with Gasteiger partial charge in [0.2, 0.25) is 0 Å². The van der Waals surface area contributed by atoms with Gasteiger partial charge in [0.15, 0.2) is 11.6 Å². The summed E-state index contributed by atoms with van der Waals surface area (Å²) in [5.74, 6) is -0.356. The molecule has 130 valence electrons. The Bertz CT molecular complexity index is 987. The van der Waals surface area contributed by atoms with Crippen molar-refractivity contribution in [3.63, 3.8) is 0 Å². The van der Waals surface area contributed by atoms with Gasteiger partial charge in [0.05, 0.1) is 7.11 Å². The Balaban J connectivity index is 1.71. The zero-order valence-corrected chi connectivity index (χ0v) is 13.9. The summed E-state index contributed by atoms with van der Waals surface area (Å²) < 4.78 is 45.7. The number of hydrogen-bond acceptors (Lipinski definition) is 6. The molecule has 0 saturated heterocycles. The van der Waals surface area contributed by atoms with E-state index in [0.29, 0.717) is 11.1 Å². The average molecular weight is 363 g/mol. The lowest BCUT2D eigenvalue weighted by Gasteiger charge is -2.04. The molecule has 0 radical (unpaired) electrons. The van der Waals surface area contributed by atoms with Crippen LogP contribution < -0.4 is 10.1 Å². The van der Waals surface area contributed by atoms with Gasteiger partial charge in [-0.15, -0.1) is 4.40 Å². The fourth-order valence-corrected chi connectivity index (χ4v) is 3.51. The highest BCUT2D eigenvalue weighted by Gasteiger charge is 2.29. The summed E-state index contributed by atoms with van der Waals surface area (Å²) >= 11 is 0. The number of ether oxygens (including phenoxy) is 1. The Hall–Kier alpha value is -2.94. The van der Waals surface area contributed by atoms with Gasteiger partial charge in [-0.2, -0.15) is 8.42 Å². The SMILES string of the molecule is COc1cc(/C=N/CNC2=NS(=O)(=O)c3cc(O)ccc32)ccc1F. The van der Waals surface area contributed by atoms with E-state index in [1.165, 1.54) is 43.7 Å². The predicted molar refractivity (Wildman–Crippen MR) is 90.4 cm³/mol. The van der Waals surface area contributed by atoms with Crippen molar-refractivity contribution in [3.05, 3.63) is 53.3 Å². The molecule has 0 bridgehead atoms. The van der Waals surface area contributed by atoms with E-state index in [2.05, 4.69) is 14.7 Å². The summed E-state index contributed by atoms with van der Waals surface area (Å²) in [6.45, 7) is 0.0639. The third-order valence-corrected chi connectivity index (χ3v) is 4.78. The Morgan fingerprint density at radius 3 is 2.88 bits per heavy atom. The number of fused-ring (bicyclic) bond motifs is 1. The third-order valence-electron chi connectivity index (χ3n) is 3.46. The number of nitrogens with one attached hydrogen (secondary N) is 1. The van der Waals surface area contributed by atoms with Crippen molar-refractivity contribution >= 4 is 22.1 Å². The highest BCUT2D eigenvalue weighted by atomic mass is 32.2. The number of rotatable bonds is 4. The zero-order valence-electron chi connectivity index (χ0n) is 13.1. The van der Waals surface area contributed by atoms with Crippen molar-refractivity contribution in [1.82, 2.24) is 5.32 Å². The molecule has 0 saturated carbocycles. The number of halogens is 1. The average Bonchev–Trinajstić information content (AvgIpc) is 2.83. The van der Waals surface area contributed by atoms with Crippen LogP contribution in [0.2, 0.25) is 0 Å². The summed E-state index contributed by atoms with van der Waals surface area (Å²) in [4.78, 5) is 4.06. The first-order valence-electron chi connectivity index (χ1n) is 7.16. The van der Waals surface area contributed by atoms with Crippen LogP contribution in [0.4, 0.5) is 4.39 Å². The first-order valence-corrected chi connectivity index (χ1v) is 8.60. The molecule has 0 amide bonds. The van der Waals surface area contributed by atoms with Gasteiger partial charge in [0.1, 0.15) is 23.1 Å². The van der Waals surface area contributed by atoms with Gasteiger partial charge in [-0.25, -0.2) is 4.39 Å². The fourth-order valence-electron chi connectivity index (χ4n) is 2.29. The third kappa shape index (κ3) is 3.45. The molecule has 2 aromatic rings. The maximum absolute atomic E-state index is 13.3. The molecule has 2 N–H and O–H groups in total. The molecular weight excluding hydrogens is 349 g/mol. The maximum Gasteiger partial charge on any atom is 0.285 e. The smallest absolute Gasteiger partial charge is 0.285 e. The summed E-state index contributed by atoms with van der Waals surface area (Å²) in [6, 6.07) is 8.30. The van der Waals surface area contributed by atoms with E-state index in [9.17, 15) is 17.9 Å². The lowest BCUT2D eigenvalue weighted by Crippen LogP contribution is -2.23. The van der Waals surface area contributed by atoms with E-state index < -0.39 is 15.8 Å². The van der Waals surface area contributed by atoms with E-state index in [-0.39, 0.29) is 28.9 Å². The van der Waals surface area contributed by atoms with Gasteiger partial charge in [0.25, 0.3) is 10.0 Å². The molecular formula is C16H14FN3O4S. The van der Waals surface area contributed by atoms with Gasteiger partial charge >= 0.3 is 0 Å². The summed E-state index contributed by atoms with van der Waals surface area (Å²) in [5, 5.41) is 12.2. The fraction of sp³-hybridized carbons (Fsp3) is 0.125. The molecule has 1 aliphatic heterocycles. The molecule has 7 nitrogen and oxygen atoms in total. The van der Waals surface area contributed by atoms with Crippen LogP contribution >= 0.6 is 0 Å². The predicted octanol–water partition coefficient (Wildman–Crippen LogP) is 1.66. The minimum Gasteiger partial charge on any atom is -0.508 e. The van der Waals surface area contributed by atoms with Crippen molar-refractivity contribution < 1.29 is 22.7 Å². The molecule has 0 fully saturated rings. The molecule has 3 rings (SSSR count). The van der Waals surface area contributed by atoms with E-state index in [1.807, 2.05) is 0 Å². The van der Waals surface area contributed by atoms with Crippen LogP contribution in [0.5, 0.6) is 11.5 Å². The Labute approximate surface area is 143 Å². The van der Waals surface area contributed by atoms with Crippen LogP contribution in [-0.4, -0.2) is 39.4 Å². The standard InChI is InChI=1S/C16H14FN3O4S/c1-24-14-6-10(2-5-13(14)17)8-18-9-19-16-12-4-3-11(21)7-15(12)25(22,23)20-16/h2-8,21H,9H2,1H3,(H,19,20)/b18-8+. The minimum absolute atomic E-state index is 0.0535. The van der Waals surface area contributed by atoms with Gasteiger partial charge in [-0.05, 0) is 29.8 Å². The number of aliphatic imine (C=N–C) groups is 1. The van der Waals surface area contributed by atoms with Crippen molar-refractivity contribution in [3.8, 4) is 11.5 Å². The number of benzene rings is 2. The van der Waals surface area contributed by atoms with Gasteiger partial charge in [-0.1, -0.05) is 6.07 Å². The molecule has 9 heteroatoms. The van der Waals surface area contributed by atoms with Crippen LogP contribution in [0.25, 0.3) is 0 Å². The number of methoxy groups -OCH3 is 1. The second-order valence-corrected chi connectivity index (χ2v) is 6.71. The summed E-state index contributed by atoms with van der Waals surface area (Å²) in [5.41, 5.74) is 1.00. The topological polar surface area (TPSA) is 100 Å². The highest BCUT2D eigenvalue weighted by molar-refractivity contribution is 7.90. The molecule has 0 spiro atoms. The maximum atomic E-state index is 13.3. The lowest BCUT2D eigenvalue weighted by molar-refractivity contribution is 0.386. The van der Waals surface area contributed by atoms with Crippen molar-refractivity contribution in [2.24, 2.45) is 9.39 Å². The molecule has 0 atom stereocenters. The first-order chi connectivity index (χ1) is 11.9. The van der Waals surface area contributed by atoms with Gasteiger partial charge < -0.3 is 15.2 Å². The van der Waals surface area contributed by atoms with Crippen LogP contribution in [0.1, 0.15) is 11.1 Å². The van der Waals surface area contributed by atoms with Crippen molar-refractivity contribution in [1.29, 1.82) is 0 Å². The van der Waals surface area contributed by atoms with E-state index >= 15 is 0 Å². The number of phenolic OH excluding ortho intramolecular Hbond substituents is 1. The molecule has 1 heterocycles. The van der Waals surface area contributed by atoms with Crippen molar-refractivity contribution in [2.75, 3.05) is 13.8 Å². The number of amidine groups is 1. The summed E-state index contributed by atoms with van der Waals surface area (Å²) in [7, 11) is -2.46. The number of nitrogens with zero attached hydrogens (tertiary/aromatic N) is 2. The van der Waals surface area contributed by atoms with E-state index in [1.54, 1.807) is 0 Å². The second-order valence-electron chi connectivity index (χ2n) is 5.14. The number of phenols is 1. The van der Waals surface area contributed by atoms with Crippen LogP contribution in [0.3, 0.4) is 0 Å². The normalized spacial score (nSPS) is 15.0. The highest BCUT2D eigenvalue weighted by Crippen LogP contribution is 2.28. The molecule has 0 aromatic heterocycles. The molecule has 2 aromatic carbocycles. The number of sulfonamides is 1. The number of aromatic hydroxyl groups is 1. The van der Waals surface area contributed by atoms with Crippen LogP contribution in [-0.2, 0) is 10.0 Å². The monoisotopic (exact) mass is 363 g/mol. The van der Waals surface area contributed by atoms with Crippen LogP contribution in [0, 0.1) is 5.82 Å². The van der Waals surface area contributed by atoms with Gasteiger partial charge in [-0.3, -0.25) is 4.99 Å². The molecule has 1 aliphatic rings. The second kappa shape index (κ2) is 6.52. The molecule has 0 aliphatic carbocycles. The van der Waals surface area contributed by atoms with Crippen LogP contribution in [0.15, 0.2) is 50.7 Å². The Kier molecular flexibility index (Phi) is 4.41. The largest absolute Gasteiger partial charge is 0.508 e. The first kappa shape index (κ1) is 16.9. The van der Waals surface area contributed by atoms with E-state index in [0.717, 1.165) is 6.07 Å². The zero-order chi connectivity index (χ0) is 18.0. The number of hydrogen-bond donors (Lipinski definition) is 2. The molecule has 0 unspecified atom stereocenters. The quantitative estimate of drug-likeness (QED) is 0.805. The lowest BCUT2D eigenvalue weighted by atomic mass is 10.2.